The van der Waals surface area contributed by atoms with E-state index in [0.717, 1.165) is 5.56 Å². The van der Waals surface area contributed by atoms with Crippen LogP contribution in [0.4, 0.5) is 23.1 Å². The molecule has 0 bridgehead atoms. The molecule has 5 aromatic rings. The van der Waals surface area contributed by atoms with Crippen molar-refractivity contribution in [3.05, 3.63) is 142 Å². The normalized spacial score (nSPS) is 11.0. The third kappa shape index (κ3) is 7.95. The molecule has 0 spiro atoms. The van der Waals surface area contributed by atoms with Crippen LogP contribution in [-0.4, -0.2) is 49.5 Å². The number of aromatic carboxylic acids is 1. The number of anilines is 4. The number of nitrogens with zero attached hydrogens (tertiary/aromatic N) is 2. The van der Waals surface area contributed by atoms with Gasteiger partial charge in [-0.2, -0.15) is 4.98 Å². The first kappa shape index (κ1) is 35.8. The van der Waals surface area contributed by atoms with Crippen LogP contribution in [0.5, 0.6) is 11.5 Å². The number of hydrogen-bond donors (Lipinski definition) is 6. The van der Waals surface area contributed by atoms with Crippen molar-refractivity contribution in [2.45, 2.75) is 19.8 Å². The highest BCUT2D eigenvalue weighted by Crippen LogP contribution is 2.42. The lowest BCUT2D eigenvalue weighted by Crippen LogP contribution is -2.25. The number of carbonyl (C=O) groups is 3. The number of fused-ring (bicyclic) bond motifs is 2. The zero-order valence-corrected chi connectivity index (χ0v) is 29.3. The number of ketones is 1. The summed E-state index contributed by atoms with van der Waals surface area (Å²) < 4.78 is 5.88. The molecule has 1 aliphatic carbocycles. The summed E-state index contributed by atoms with van der Waals surface area (Å²) in [5.74, 6) is -0.848. The number of hydrogen-bond acceptors (Lipinski definition) is 11. The summed E-state index contributed by atoms with van der Waals surface area (Å²) in [7, 11) is 0. The highest BCUT2D eigenvalue weighted by Gasteiger charge is 2.23. The van der Waals surface area contributed by atoms with Crippen LogP contribution in [0.1, 0.15) is 49.5 Å². The SMILES string of the molecule is Cc1ccc(O)cc1Nc1ccnc(Nc2cccc(C(=O)CCCNC(=O)c3ccc(-c4c5ccc(=O)cc-5oc5cc(O)ccc45)c(C(=O)O)c3)c2)n1. The molecule has 55 heavy (non-hydrogen) atoms. The number of rotatable bonds is 12. The van der Waals surface area contributed by atoms with Crippen LogP contribution in [0.15, 0.2) is 119 Å². The molecule has 2 heterocycles. The Kier molecular flexibility index (Phi) is 9.91. The third-order valence-corrected chi connectivity index (χ3v) is 8.90. The molecular weight excluding hydrogens is 702 g/mol. The van der Waals surface area contributed by atoms with Crippen molar-refractivity contribution in [1.82, 2.24) is 15.3 Å². The summed E-state index contributed by atoms with van der Waals surface area (Å²) in [6.45, 7) is 2.07. The molecule has 7 rings (SSSR count). The van der Waals surface area contributed by atoms with Gasteiger partial charge < -0.3 is 35.7 Å². The van der Waals surface area contributed by atoms with E-state index in [1.165, 1.54) is 42.5 Å². The predicted molar refractivity (Wildman–Crippen MR) is 207 cm³/mol. The van der Waals surface area contributed by atoms with Crippen LogP contribution in [0.2, 0.25) is 0 Å². The van der Waals surface area contributed by atoms with Gasteiger partial charge in [0.1, 0.15) is 28.7 Å². The van der Waals surface area contributed by atoms with Crippen LogP contribution < -0.4 is 21.4 Å². The number of aromatic hydroxyl groups is 2. The number of Topliss-reactive ketones (excluding diaryl/α,β-unsaturated/α-hetero) is 1. The molecule has 0 radical (unpaired) electrons. The second-order valence-corrected chi connectivity index (χ2v) is 12.8. The van der Waals surface area contributed by atoms with Crippen LogP contribution in [0.3, 0.4) is 0 Å². The summed E-state index contributed by atoms with van der Waals surface area (Å²) in [5.41, 5.74) is 3.83. The minimum Gasteiger partial charge on any atom is -0.508 e. The molecule has 0 atom stereocenters. The molecule has 0 fully saturated rings. The number of carboxylic acid groups (broad SMARTS) is 1. The standard InChI is InChI=1S/C42H33N5O8/c1-23-7-9-27(48)20-34(23)46-38-15-17-44-42(47-38)45-26-5-2-4-24(18-26)35(51)6-3-16-43-40(52)25-8-12-30(33(19-25)41(53)54)39-31-13-10-28(49)21-36(31)55-37-22-29(50)11-14-32(37)39/h2,4-5,7-15,17-22,48-49H,3,6,16H2,1H3,(H,43,52)(H,53,54)(H2,44,45,46,47). The fourth-order valence-corrected chi connectivity index (χ4v) is 6.20. The minimum atomic E-state index is -1.27. The Hall–Kier alpha value is -7.54. The van der Waals surface area contributed by atoms with Gasteiger partial charge in [0.25, 0.3) is 5.91 Å². The number of carboxylic acids is 1. The largest absolute Gasteiger partial charge is 0.508 e. The lowest BCUT2D eigenvalue weighted by molar-refractivity contribution is 0.0697. The maximum absolute atomic E-state index is 13.2. The van der Waals surface area contributed by atoms with Gasteiger partial charge in [0.2, 0.25) is 5.95 Å². The molecule has 6 N–H and O–H groups in total. The monoisotopic (exact) mass is 735 g/mol. The number of aromatic nitrogens is 2. The van der Waals surface area contributed by atoms with Crippen LogP contribution in [-0.2, 0) is 0 Å². The first-order chi connectivity index (χ1) is 26.5. The third-order valence-electron chi connectivity index (χ3n) is 8.90. The van der Waals surface area contributed by atoms with Crippen LogP contribution >= 0.6 is 0 Å². The quantitative estimate of drug-likeness (QED) is 0.0407. The Morgan fingerprint density at radius 2 is 1.60 bits per heavy atom. The van der Waals surface area contributed by atoms with E-state index in [1.807, 2.05) is 6.92 Å². The van der Waals surface area contributed by atoms with Gasteiger partial charge in [-0.25, -0.2) is 9.78 Å². The van der Waals surface area contributed by atoms with Crippen LogP contribution in [0.25, 0.3) is 33.4 Å². The van der Waals surface area contributed by atoms with Gasteiger partial charge in [-0.3, -0.25) is 14.4 Å². The van der Waals surface area contributed by atoms with Gasteiger partial charge in [-0.15, -0.1) is 0 Å². The molecule has 13 nitrogen and oxygen atoms in total. The molecule has 1 aromatic heterocycles. The zero-order valence-electron chi connectivity index (χ0n) is 29.3. The van der Waals surface area contributed by atoms with E-state index < -0.39 is 11.9 Å². The second kappa shape index (κ2) is 15.2. The van der Waals surface area contributed by atoms with Gasteiger partial charge in [0.15, 0.2) is 11.2 Å². The Balaban J connectivity index is 0.998. The summed E-state index contributed by atoms with van der Waals surface area (Å²) in [6.07, 6.45) is 2.05. The number of phenols is 2. The molecule has 13 heteroatoms. The van der Waals surface area contributed by atoms with E-state index in [1.54, 1.807) is 66.9 Å². The second-order valence-electron chi connectivity index (χ2n) is 12.8. The summed E-state index contributed by atoms with van der Waals surface area (Å²) in [5, 5.41) is 39.7. The smallest absolute Gasteiger partial charge is 0.336 e. The number of benzene rings is 5. The number of aryl methyl sites for hydroxylation is 1. The Morgan fingerprint density at radius 1 is 0.800 bits per heavy atom. The predicted octanol–water partition coefficient (Wildman–Crippen LogP) is 7.65. The number of carbonyl (C=O) groups excluding carboxylic acids is 2. The fraction of sp³-hybridized carbons (Fsp3) is 0.0952. The van der Waals surface area contributed by atoms with Crippen molar-refractivity contribution in [3.8, 4) is 33.9 Å². The molecule has 1 aliphatic heterocycles. The van der Waals surface area contributed by atoms with Crippen LogP contribution in [0, 0.1) is 6.92 Å². The highest BCUT2D eigenvalue weighted by atomic mass is 16.4. The highest BCUT2D eigenvalue weighted by molar-refractivity contribution is 6.09. The maximum Gasteiger partial charge on any atom is 0.336 e. The topological polar surface area (TPSA) is 204 Å². The lowest BCUT2D eigenvalue weighted by atomic mass is 9.90. The Bertz CT molecular complexity index is 2660. The van der Waals surface area contributed by atoms with Crippen molar-refractivity contribution < 1.29 is 34.1 Å². The first-order valence-electron chi connectivity index (χ1n) is 17.2. The van der Waals surface area contributed by atoms with Crippen molar-refractivity contribution in [3.63, 3.8) is 0 Å². The minimum absolute atomic E-state index is 0.0684. The van der Waals surface area contributed by atoms with Crippen molar-refractivity contribution in [2.24, 2.45) is 0 Å². The molecule has 0 saturated carbocycles. The van der Waals surface area contributed by atoms with Gasteiger partial charge in [0, 0.05) is 76.4 Å². The lowest BCUT2D eigenvalue weighted by Gasteiger charge is -2.17. The van der Waals surface area contributed by atoms with Gasteiger partial charge in [0.05, 0.1) is 5.56 Å². The van der Waals surface area contributed by atoms with E-state index in [2.05, 4.69) is 25.9 Å². The number of nitrogens with one attached hydrogen (secondary N) is 3. The van der Waals surface area contributed by atoms with E-state index in [0.29, 0.717) is 57.2 Å². The Labute approximate surface area is 313 Å². The average Bonchev–Trinajstić information content (AvgIpc) is 3.16. The fourth-order valence-electron chi connectivity index (χ4n) is 6.20. The zero-order chi connectivity index (χ0) is 38.6. The summed E-state index contributed by atoms with van der Waals surface area (Å²) in [4.78, 5) is 59.6. The molecule has 0 unspecified atom stereocenters. The summed E-state index contributed by atoms with van der Waals surface area (Å²) in [6, 6.07) is 26.5. The first-order valence-corrected chi connectivity index (χ1v) is 17.2. The van der Waals surface area contributed by atoms with Crippen molar-refractivity contribution in [1.29, 1.82) is 0 Å². The molecule has 274 valence electrons. The van der Waals surface area contributed by atoms with E-state index in [-0.39, 0.29) is 58.1 Å². The number of phenolic OH excluding ortho intramolecular Hbond substituents is 2. The van der Waals surface area contributed by atoms with Crippen molar-refractivity contribution >= 4 is 51.8 Å². The average molecular weight is 736 g/mol. The molecule has 4 aromatic carbocycles. The molecule has 1 amide bonds. The Morgan fingerprint density at radius 3 is 2.44 bits per heavy atom. The molecule has 2 aliphatic rings. The van der Waals surface area contributed by atoms with E-state index in [4.69, 9.17) is 4.42 Å². The molecule has 0 saturated heterocycles. The number of amides is 1. The molecular formula is C42H33N5O8. The van der Waals surface area contributed by atoms with Gasteiger partial charge in [-0.1, -0.05) is 24.3 Å². The maximum atomic E-state index is 13.2. The van der Waals surface area contributed by atoms with Crippen molar-refractivity contribution in [2.75, 3.05) is 17.2 Å². The summed E-state index contributed by atoms with van der Waals surface area (Å²) >= 11 is 0. The van der Waals surface area contributed by atoms with E-state index >= 15 is 0 Å². The van der Waals surface area contributed by atoms with E-state index in [9.17, 15) is 34.5 Å². The van der Waals surface area contributed by atoms with Gasteiger partial charge >= 0.3 is 5.97 Å². The van der Waals surface area contributed by atoms with Gasteiger partial charge in [-0.05, 0) is 85.1 Å².